The molecule has 1 aliphatic rings. The molecule has 2 nitrogen and oxygen atoms in total. The number of hydrogen-bond acceptors (Lipinski definition) is 4. The van der Waals surface area contributed by atoms with Crippen LogP contribution in [0.3, 0.4) is 0 Å². The van der Waals surface area contributed by atoms with Gasteiger partial charge in [-0.25, -0.2) is 4.98 Å². The highest BCUT2D eigenvalue weighted by molar-refractivity contribution is 7.98. The summed E-state index contributed by atoms with van der Waals surface area (Å²) < 4.78 is 0. The SMILES string of the molecule is CNCc1sc(CSc2cccc(C)c2)nc1C1CC1. The molecule has 3 rings (SSSR count). The number of benzene rings is 1. The lowest BCUT2D eigenvalue weighted by atomic mass is 10.2. The first kappa shape index (κ1) is 14.1. The van der Waals surface area contributed by atoms with Gasteiger partial charge < -0.3 is 5.32 Å². The Balaban J connectivity index is 1.69. The Morgan fingerprint density at radius 2 is 2.25 bits per heavy atom. The summed E-state index contributed by atoms with van der Waals surface area (Å²) in [5.74, 6) is 1.73. The van der Waals surface area contributed by atoms with Gasteiger partial charge in [0.25, 0.3) is 0 Å². The molecule has 106 valence electrons. The zero-order valence-corrected chi connectivity index (χ0v) is 13.6. The first-order valence-electron chi connectivity index (χ1n) is 7.09. The molecule has 1 aromatic carbocycles. The number of nitrogens with zero attached hydrogens (tertiary/aromatic N) is 1. The topological polar surface area (TPSA) is 24.9 Å². The second kappa shape index (κ2) is 6.29. The van der Waals surface area contributed by atoms with Gasteiger partial charge in [0.2, 0.25) is 0 Å². The van der Waals surface area contributed by atoms with E-state index in [1.807, 2.05) is 30.1 Å². The van der Waals surface area contributed by atoms with Crippen LogP contribution in [0.2, 0.25) is 0 Å². The van der Waals surface area contributed by atoms with Gasteiger partial charge in [-0.15, -0.1) is 23.1 Å². The molecule has 1 aromatic heterocycles. The van der Waals surface area contributed by atoms with E-state index in [1.165, 1.54) is 38.9 Å². The molecule has 1 N–H and O–H groups in total. The van der Waals surface area contributed by atoms with Crippen LogP contribution in [0.5, 0.6) is 0 Å². The van der Waals surface area contributed by atoms with E-state index in [-0.39, 0.29) is 0 Å². The Bertz CT molecular complexity index is 588. The van der Waals surface area contributed by atoms with Gasteiger partial charge in [-0.3, -0.25) is 0 Å². The third-order valence-corrected chi connectivity index (χ3v) is 5.68. The van der Waals surface area contributed by atoms with Crippen molar-refractivity contribution in [3.63, 3.8) is 0 Å². The lowest BCUT2D eigenvalue weighted by molar-refractivity contribution is 0.812. The molecule has 0 bridgehead atoms. The maximum absolute atomic E-state index is 4.89. The van der Waals surface area contributed by atoms with E-state index in [0.29, 0.717) is 0 Å². The summed E-state index contributed by atoms with van der Waals surface area (Å²) >= 11 is 3.77. The molecule has 1 heterocycles. The maximum atomic E-state index is 4.89. The van der Waals surface area contributed by atoms with Crippen molar-refractivity contribution in [3.8, 4) is 0 Å². The fourth-order valence-corrected chi connectivity index (χ4v) is 4.46. The minimum Gasteiger partial charge on any atom is -0.315 e. The molecule has 1 saturated carbocycles. The molecule has 4 heteroatoms. The van der Waals surface area contributed by atoms with E-state index < -0.39 is 0 Å². The van der Waals surface area contributed by atoms with Gasteiger partial charge in [0, 0.05) is 22.2 Å². The highest BCUT2D eigenvalue weighted by atomic mass is 32.2. The van der Waals surface area contributed by atoms with Crippen LogP contribution in [-0.2, 0) is 12.3 Å². The quantitative estimate of drug-likeness (QED) is 0.804. The molecular formula is C16H20N2S2. The van der Waals surface area contributed by atoms with E-state index >= 15 is 0 Å². The van der Waals surface area contributed by atoms with Gasteiger partial charge in [-0.05, 0) is 38.9 Å². The molecule has 0 unspecified atom stereocenters. The Labute approximate surface area is 129 Å². The Hall–Kier alpha value is -0.840. The van der Waals surface area contributed by atoms with Crippen molar-refractivity contribution in [2.45, 2.75) is 42.9 Å². The lowest BCUT2D eigenvalue weighted by Gasteiger charge is -2.00. The number of thioether (sulfide) groups is 1. The number of thiazole rings is 1. The third-order valence-electron chi connectivity index (χ3n) is 3.43. The monoisotopic (exact) mass is 304 g/mol. The molecule has 2 aromatic rings. The summed E-state index contributed by atoms with van der Waals surface area (Å²) in [6.07, 6.45) is 2.65. The van der Waals surface area contributed by atoms with Crippen LogP contribution < -0.4 is 5.32 Å². The van der Waals surface area contributed by atoms with Crippen molar-refractivity contribution in [1.29, 1.82) is 0 Å². The van der Waals surface area contributed by atoms with Crippen LogP contribution in [0.15, 0.2) is 29.2 Å². The van der Waals surface area contributed by atoms with Crippen LogP contribution >= 0.6 is 23.1 Å². The fourth-order valence-electron chi connectivity index (χ4n) is 2.29. The second-order valence-corrected chi connectivity index (χ2v) is 7.54. The third kappa shape index (κ3) is 3.43. The zero-order chi connectivity index (χ0) is 13.9. The van der Waals surface area contributed by atoms with Gasteiger partial charge in [-0.1, -0.05) is 17.7 Å². The largest absolute Gasteiger partial charge is 0.315 e. The van der Waals surface area contributed by atoms with E-state index in [4.69, 9.17) is 4.98 Å². The summed E-state index contributed by atoms with van der Waals surface area (Å²) in [4.78, 5) is 7.66. The van der Waals surface area contributed by atoms with E-state index in [0.717, 1.165) is 18.2 Å². The lowest BCUT2D eigenvalue weighted by Crippen LogP contribution is -2.05. The van der Waals surface area contributed by atoms with Crippen molar-refractivity contribution in [2.75, 3.05) is 7.05 Å². The number of nitrogens with one attached hydrogen (secondary N) is 1. The van der Waals surface area contributed by atoms with Crippen LogP contribution in [0.4, 0.5) is 0 Å². The number of hydrogen-bond donors (Lipinski definition) is 1. The minimum atomic E-state index is 0.743. The van der Waals surface area contributed by atoms with Crippen LogP contribution in [0.1, 0.15) is 39.9 Å². The molecule has 20 heavy (non-hydrogen) atoms. The van der Waals surface area contributed by atoms with E-state index in [2.05, 4.69) is 36.5 Å². The standard InChI is InChI=1S/C16H20N2S2/c1-11-4-3-5-13(8-11)19-10-15-18-16(12-6-7-12)14(20-15)9-17-2/h3-5,8,12,17H,6-7,9-10H2,1-2H3. The second-order valence-electron chi connectivity index (χ2n) is 5.33. The van der Waals surface area contributed by atoms with Crippen molar-refractivity contribution in [1.82, 2.24) is 10.3 Å². The molecule has 0 spiro atoms. The van der Waals surface area contributed by atoms with Gasteiger partial charge in [0.1, 0.15) is 5.01 Å². The van der Waals surface area contributed by atoms with Crippen LogP contribution in [0.25, 0.3) is 0 Å². The molecule has 0 amide bonds. The molecular weight excluding hydrogens is 284 g/mol. The van der Waals surface area contributed by atoms with Crippen molar-refractivity contribution in [3.05, 3.63) is 45.4 Å². The molecule has 0 aliphatic heterocycles. The zero-order valence-electron chi connectivity index (χ0n) is 12.0. The van der Waals surface area contributed by atoms with Crippen LogP contribution in [0, 0.1) is 6.92 Å². The molecule has 0 radical (unpaired) electrons. The van der Waals surface area contributed by atoms with Crippen molar-refractivity contribution in [2.24, 2.45) is 0 Å². The highest BCUT2D eigenvalue weighted by Gasteiger charge is 2.29. The number of aromatic nitrogens is 1. The van der Waals surface area contributed by atoms with Gasteiger partial charge in [-0.2, -0.15) is 0 Å². The van der Waals surface area contributed by atoms with Crippen molar-refractivity contribution >= 4 is 23.1 Å². The summed E-state index contributed by atoms with van der Waals surface area (Å²) in [7, 11) is 2.01. The Morgan fingerprint density at radius 3 is 2.95 bits per heavy atom. The first-order valence-corrected chi connectivity index (χ1v) is 8.89. The first-order chi connectivity index (χ1) is 9.76. The molecule has 0 atom stereocenters. The molecule has 0 saturated heterocycles. The number of rotatable bonds is 6. The Kier molecular flexibility index (Phi) is 4.44. The summed E-state index contributed by atoms with van der Waals surface area (Å²) in [6.45, 7) is 3.10. The summed E-state index contributed by atoms with van der Waals surface area (Å²) in [6, 6.07) is 8.70. The van der Waals surface area contributed by atoms with Crippen molar-refractivity contribution < 1.29 is 0 Å². The maximum Gasteiger partial charge on any atom is 0.103 e. The predicted molar refractivity (Wildman–Crippen MR) is 87.6 cm³/mol. The fraction of sp³-hybridized carbons (Fsp3) is 0.438. The van der Waals surface area contributed by atoms with Crippen LogP contribution in [-0.4, -0.2) is 12.0 Å². The predicted octanol–water partition coefficient (Wildman–Crippen LogP) is 4.34. The van der Waals surface area contributed by atoms with Gasteiger partial charge in [0.05, 0.1) is 11.4 Å². The van der Waals surface area contributed by atoms with Gasteiger partial charge in [0.15, 0.2) is 0 Å². The summed E-state index contributed by atoms with van der Waals surface area (Å²) in [5, 5.41) is 4.53. The minimum absolute atomic E-state index is 0.743. The molecule has 1 fully saturated rings. The normalized spacial score (nSPS) is 14.7. The highest BCUT2D eigenvalue weighted by Crippen LogP contribution is 2.43. The average Bonchev–Trinajstić information content (AvgIpc) is 3.20. The smallest absolute Gasteiger partial charge is 0.103 e. The Morgan fingerprint density at radius 1 is 1.40 bits per heavy atom. The van der Waals surface area contributed by atoms with E-state index in [1.54, 1.807) is 0 Å². The number of aryl methyl sites for hydroxylation is 1. The average molecular weight is 304 g/mol. The van der Waals surface area contributed by atoms with Gasteiger partial charge >= 0.3 is 0 Å². The molecule has 1 aliphatic carbocycles. The van der Waals surface area contributed by atoms with E-state index in [9.17, 15) is 0 Å². The summed E-state index contributed by atoms with van der Waals surface area (Å²) in [5.41, 5.74) is 2.69.